The van der Waals surface area contributed by atoms with Crippen molar-refractivity contribution in [2.75, 3.05) is 44.9 Å². The highest BCUT2D eigenvalue weighted by atomic mass is 32.1. The van der Waals surface area contributed by atoms with Gasteiger partial charge in [-0.25, -0.2) is 4.79 Å². The second-order valence-corrected chi connectivity index (χ2v) is 6.38. The third kappa shape index (κ3) is 2.96. The van der Waals surface area contributed by atoms with E-state index in [0.29, 0.717) is 16.5 Å². The number of hydrogen-bond acceptors (Lipinski definition) is 7. The van der Waals surface area contributed by atoms with Crippen LogP contribution in [0.1, 0.15) is 28.1 Å². The zero-order chi connectivity index (χ0) is 15.6. The zero-order valence-electron chi connectivity index (χ0n) is 12.5. The molecule has 21 heavy (non-hydrogen) atoms. The van der Waals surface area contributed by atoms with Gasteiger partial charge in [0.25, 0.3) is 0 Å². The zero-order valence-corrected chi connectivity index (χ0v) is 13.4. The Morgan fingerprint density at radius 3 is 2.90 bits per heavy atom. The predicted octanol–water partition coefficient (Wildman–Crippen LogP) is 1.52. The second-order valence-electron chi connectivity index (χ2n) is 5.38. The van der Waals surface area contributed by atoms with Crippen molar-refractivity contribution in [3.05, 3.63) is 10.4 Å². The van der Waals surface area contributed by atoms with Crippen molar-refractivity contribution in [2.24, 2.45) is 0 Å². The van der Waals surface area contributed by atoms with Crippen molar-refractivity contribution in [3.8, 4) is 6.07 Å². The minimum atomic E-state index is -0.476. The van der Waals surface area contributed by atoms with Crippen LogP contribution in [0.15, 0.2) is 0 Å². The number of carbonyl (C=O) groups is 1. The van der Waals surface area contributed by atoms with E-state index in [0.717, 1.165) is 30.9 Å². The van der Waals surface area contributed by atoms with Crippen LogP contribution in [0.2, 0.25) is 0 Å². The number of thiophene rings is 1. The molecule has 1 aromatic heterocycles. The highest BCUT2D eigenvalue weighted by Gasteiger charge is 2.32. The number of nitriles is 1. The number of nitrogens with zero attached hydrogens (tertiary/aromatic N) is 3. The Hall–Kier alpha value is -1.78. The highest BCUT2D eigenvalue weighted by Crippen LogP contribution is 2.41. The summed E-state index contributed by atoms with van der Waals surface area (Å²) in [6.07, 6.45) is 2.14. The number of nitrogen functional groups attached to an aromatic ring is 1. The fourth-order valence-electron chi connectivity index (χ4n) is 2.73. The van der Waals surface area contributed by atoms with E-state index in [1.807, 2.05) is 14.1 Å². The van der Waals surface area contributed by atoms with Gasteiger partial charge in [0, 0.05) is 19.1 Å². The first-order valence-electron chi connectivity index (χ1n) is 6.81. The van der Waals surface area contributed by atoms with Gasteiger partial charge in [-0.2, -0.15) is 5.26 Å². The Bertz CT molecular complexity index is 576. The maximum Gasteiger partial charge on any atom is 0.343 e. The van der Waals surface area contributed by atoms with Crippen molar-refractivity contribution >= 4 is 28.0 Å². The van der Waals surface area contributed by atoms with E-state index in [1.54, 1.807) is 0 Å². The summed E-state index contributed by atoms with van der Waals surface area (Å²) >= 11 is 1.28. The van der Waals surface area contributed by atoms with Gasteiger partial charge < -0.3 is 20.3 Å². The van der Waals surface area contributed by atoms with E-state index in [2.05, 4.69) is 15.9 Å². The quantitative estimate of drug-likeness (QED) is 0.849. The molecular formula is C14H20N4O2S. The summed E-state index contributed by atoms with van der Waals surface area (Å²) in [6, 6.07) is 2.39. The van der Waals surface area contributed by atoms with Crippen molar-refractivity contribution in [1.29, 1.82) is 5.26 Å². The summed E-state index contributed by atoms with van der Waals surface area (Å²) in [4.78, 5) is 16.7. The smallest absolute Gasteiger partial charge is 0.343 e. The van der Waals surface area contributed by atoms with E-state index in [4.69, 9.17) is 15.7 Å². The lowest BCUT2D eigenvalue weighted by Gasteiger charge is -2.28. The average molecular weight is 308 g/mol. The van der Waals surface area contributed by atoms with Crippen LogP contribution in [0.25, 0.3) is 0 Å². The molecule has 0 aliphatic carbocycles. The first-order valence-corrected chi connectivity index (χ1v) is 7.63. The SMILES string of the molecule is COC(=O)c1c(N2CCCC2CN(C)C)sc(C#N)c1N. The first kappa shape index (κ1) is 15.6. The lowest BCUT2D eigenvalue weighted by atomic mass is 10.2. The standard InChI is InChI=1S/C14H20N4O2S/c1-17(2)8-9-5-4-6-18(9)13-11(14(19)20-3)12(16)10(7-15)21-13/h9H,4-6,8,16H2,1-3H3. The van der Waals surface area contributed by atoms with Crippen LogP contribution in [-0.2, 0) is 4.74 Å². The molecule has 0 aromatic carbocycles. The molecular weight excluding hydrogens is 288 g/mol. The molecule has 0 amide bonds. The van der Waals surface area contributed by atoms with Crippen LogP contribution in [-0.4, -0.2) is 51.2 Å². The molecule has 1 aliphatic heterocycles. The topological polar surface area (TPSA) is 82.6 Å². The number of rotatable bonds is 4. The van der Waals surface area contributed by atoms with E-state index in [1.165, 1.54) is 18.4 Å². The van der Waals surface area contributed by atoms with Crippen LogP contribution < -0.4 is 10.6 Å². The molecule has 1 aliphatic rings. The Morgan fingerprint density at radius 2 is 2.33 bits per heavy atom. The average Bonchev–Trinajstić information content (AvgIpc) is 3.01. The number of likely N-dealkylation sites (N-methyl/N-ethyl adjacent to an activating group) is 1. The summed E-state index contributed by atoms with van der Waals surface area (Å²) < 4.78 is 4.83. The Kier molecular flexibility index (Phi) is 4.70. The number of nitrogens with two attached hydrogens (primary N) is 1. The molecule has 2 heterocycles. The number of ether oxygens (including phenoxy) is 1. The minimum absolute atomic E-state index is 0.236. The van der Waals surface area contributed by atoms with Gasteiger partial charge in [0.05, 0.1) is 12.8 Å². The number of anilines is 2. The van der Waals surface area contributed by atoms with Gasteiger partial charge in [0.15, 0.2) is 0 Å². The third-order valence-electron chi connectivity index (χ3n) is 3.63. The summed E-state index contributed by atoms with van der Waals surface area (Å²) in [5.41, 5.74) is 6.53. The molecule has 114 valence electrons. The summed E-state index contributed by atoms with van der Waals surface area (Å²) in [7, 11) is 5.39. The van der Waals surface area contributed by atoms with Crippen LogP contribution in [0.4, 0.5) is 10.7 Å². The molecule has 1 aromatic rings. The van der Waals surface area contributed by atoms with Crippen LogP contribution in [0, 0.1) is 11.3 Å². The molecule has 0 saturated carbocycles. The van der Waals surface area contributed by atoms with Crippen molar-refractivity contribution in [1.82, 2.24) is 4.90 Å². The maximum absolute atomic E-state index is 12.0. The van der Waals surface area contributed by atoms with Gasteiger partial charge in [-0.3, -0.25) is 0 Å². The van der Waals surface area contributed by atoms with Crippen molar-refractivity contribution in [2.45, 2.75) is 18.9 Å². The molecule has 1 unspecified atom stereocenters. The molecule has 0 radical (unpaired) electrons. The summed E-state index contributed by atoms with van der Waals surface area (Å²) in [6.45, 7) is 1.77. The lowest BCUT2D eigenvalue weighted by molar-refractivity contribution is 0.0603. The summed E-state index contributed by atoms with van der Waals surface area (Å²) in [5.74, 6) is -0.476. The monoisotopic (exact) mass is 308 g/mol. The van der Waals surface area contributed by atoms with E-state index >= 15 is 0 Å². The van der Waals surface area contributed by atoms with Gasteiger partial charge in [0.2, 0.25) is 0 Å². The number of methoxy groups -OCH3 is 1. The highest BCUT2D eigenvalue weighted by molar-refractivity contribution is 7.17. The van der Waals surface area contributed by atoms with Crippen LogP contribution in [0.3, 0.4) is 0 Å². The minimum Gasteiger partial charge on any atom is -0.465 e. The predicted molar refractivity (Wildman–Crippen MR) is 83.7 cm³/mol. The van der Waals surface area contributed by atoms with Gasteiger partial charge in [0.1, 0.15) is 21.5 Å². The van der Waals surface area contributed by atoms with E-state index in [9.17, 15) is 4.79 Å². The Balaban J connectivity index is 2.43. The molecule has 7 heteroatoms. The fourth-order valence-corrected chi connectivity index (χ4v) is 3.83. The summed E-state index contributed by atoms with van der Waals surface area (Å²) in [5, 5.41) is 9.93. The molecule has 1 saturated heterocycles. The number of carbonyl (C=O) groups excluding carboxylic acids is 1. The second kappa shape index (κ2) is 6.33. The Morgan fingerprint density at radius 1 is 1.62 bits per heavy atom. The molecule has 1 atom stereocenters. The fraction of sp³-hybridized carbons (Fsp3) is 0.571. The number of esters is 1. The van der Waals surface area contributed by atoms with E-state index in [-0.39, 0.29) is 5.69 Å². The van der Waals surface area contributed by atoms with Crippen molar-refractivity contribution < 1.29 is 9.53 Å². The van der Waals surface area contributed by atoms with Crippen LogP contribution >= 0.6 is 11.3 Å². The van der Waals surface area contributed by atoms with E-state index < -0.39 is 5.97 Å². The maximum atomic E-state index is 12.0. The van der Waals surface area contributed by atoms with Gasteiger partial charge in [-0.15, -0.1) is 11.3 Å². The molecule has 2 N–H and O–H groups in total. The lowest BCUT2D eigenvalue weighted by Crippen LogP contribution is -2.37. The molecule has 1 fully saturated rings. The first-order chi connectivity index (χ1) is 9.99. The normalized spacial score (nSPS) is 18.0. The molecule has 2 rings (SSSR count). The molecule has 0 bridgehead atoms. The third-order valence-corrected chi connectivity index (χ3v) is 4.78. The largest absolute Gasteiger partial charge is 0.465 e. The number of hydrogen-bond donors (Lipinski definition) is 1. The van der Waals surface area contributed by atoms with Gasteiger partial charge >= 0.3 is 5.97 Å². The molecule has 6 nitrogen and oxygen atoms in total. The van der Waals surface area contributed by atoms with Gasteiger partial charge in [-0.1, -0.05) is 0 Å². The Labute approximate surface area is 128 Å². The van der Waals surface area contributed by atoms with Gasteiger partial charge in [-0.05, 0) is 26.9 Å². The van der Waals surface area contributed by atoms with Crippen molar-refractivity contribution in [3.63, 3.8) is 0 Å². The molecule has 0 spiro atoms. The van der Waals surface area contributed by atoms with Crippen LogP contribution in [0.5, 0.6) is 0 Å².